The summed E-state index contributed by atoms with van der Waals surface area (Å²) in [7, 11) is 0.811. The molecule has 0 bridgehead atoms. The second-order valence-electron chi connectivity index (χ2n) is 9.80. The number of hydrogen-bond donors (Lipinski definition) is 3. The minimum Gasteiger partial charge on any atom is -0.310 e. The molecule has 6 rings (SSSR count). The van der Waals surface area contributed by atoms with E-state index in [1.807, 2.05) is 19.3 Å². The fourth-order valence-corrected chi connectivity index (χ4v) is 8.13. The maximum absolute atomic E-state index is 13.9. The number of fused-ring (bicyclic) bond motifs is 2. The summed E-state index contributed by atoms with van der Waals surface area (Å²) in [5.41, 5.74) is 5.80. The highest BCUT2D eigenvalue weighted by Crippen LogP contribution is 2.45. The summed E-state index contributed by atoms with van der Waals surface area (Å²) in [6.45, 7) is 5.25. The van der Waals surface area contributed by atoms with Gasteiger partial charge in [-0.25, -0.2) is 19.4 Å². The molecule has 2 aromatic heterocycles. The number of aryl methyl sites for hydroxylation is 1. The third-order valence-electron chi connectivity index (χ3n) is 7.03. The van der Waals surface area contributed by atoms with Gasteiger partial charge in [0, 0.05) is 46.6 Å². The van der Waals surface area contributed by atoms with Crippen molar-refractivity contribution in [1.29, 1.82) is 0 Å². The highest BCUT2D eigenvalue weighted by atomic mass is 32.2. The van der Waals surface area contributed by atoms with E-state index in [0.717, 1.165) is 41.0 Å². The summed E-state index contributed by atoms with van der Waals surface area (Å²) in [6, 6.07) is 3.91. The van der Waals surface area contributed by atoms with E-state index in [-0.39, 0.29) is 23.7 Å². The minimum atomic E-state index is -2.51. The highest BCUT2D eigenvalue weighted by Gasteiger charge is 2.59. The normalized spacial score (nSPS) is 27.4. The molecule has 3 N–H and O–H groups in total. The first-order valence-corrected chi connectivity index (χ1v) is 13.3. The van der Waals surface area contributed by atoms with Crippen LogP contribution in [0.1, 0.15) is 37.8 Å². The van der Waals surface area contributed by atoms with Gasteiger partial charge in [-0.1, -0.05) is 6.08 Å². The lowest BCUT2D eigenvalue weighted by molar-refractivity contribution is 0.264. The molecule has 3 aliphatic rings. The molecular weight excluding hydrogens is 466 g/mol. The van der Waals surface area contributed by atoms with E-state index >= 15 is 0 Å². The molecule has 1 fully saturated rings. The Morgan fingerprint density at radius 2 is 2.20 bits per heavy atom. The van der Waals surface area contributed by atoms with E-state index in [2.05, 4.69) is 40.5 Å². The first kappa shape index (κ1) is 22.5. The molecule has 0 radical (unpaired) electrons. The van der Waals surface area contributed by atoms with Gasteiger partial charge in [0.25, 0.3) is 5.56 Å². The molecule has 2 unspecified atom stereocenters. The van der Waals surface area contributed by atoms with Gasteiger partial charge in [-0.05, 0) is 44.5 Å². The lowest BCUT2D eigenvalue weighted by Gasteiger charge is -2.27. The van der Waals surface area contributed by atoms with Gasteiger partial charge >= 0.3 is 0 Å². The molecule has 3 aromatic rings. The van der Waals surface area contributed by atoms with Gasteiger partial charge < -0.3 is 5.32 Å². The van der Waals surface area contributed by atoms with Crippen LogP contribution in [0.5, 0.6) is 0 Å². The monoisotopic (exact) mass is 495 g/mol. The smallest absolute Gasteiger partial charge is 0.263 e. The largest absolute Gasteiger partial charge is 0.310 e. The van der Waals surface area contributed by atoms with Gasteiger partial charge in [-0.2, -0.15) is 5.10 Å². The molecular formula is C24H29N7O3S. The van der Waals surface area contributed by atoms with E-state index < -0.39 is 9.71 Å². The molecule has 1 aromatic carbocycles. The number of anilines is 1. The van der Waals surface area contributed by atoms with E-state index in [9.17, 15) is 9.00 Å². The standard InChI is InChI=1S/C24H29N7O3S/c1-14-7-16(5-6-25-14)18-8-17(35(33)20-10-24(20,2)29-35)9-19-21(18)27-23(28-34-4)31(22(19)32)13-15-11-26-30(3)12-15/h7-9,11-12,14,25H,5-6,10,13H2,1-4H3,(H,27,28)(H,29,33)/t14-,24?,35?/m1/s1. The van der Waals surface area contributed by atoms with Crippen LogP contribution in [0.4, 0.5) is 5.95 Å². The van der Waals surface area contributed by atoms with E-state index in [0.29, 0.717) is 21.7 Å². The zero-order valence-corrected chi connectivity index (χ0v) is 21.0. The zero-order chi connectivity index (χ0) is 24.5. The Morgan fingerprint density at radius 1 is 1.37 bits per heavy atom. The van der Waals surface area contributed by atoms with Gasteiger partial charge in [0.1, 0.15) is 0 Å². The number of rotatable bonds is 6. The van der Waals surface area contributed by atoms with Crippen molar-refractivity contribution < 1.29 is 9.05 Å². The van der Waals surface area contributed by atoms with Crippen molar-refractivity contribution in [3.63, 3.8) is 0 Å². The van der Waals surface area contributed by atoms with Crippen LogP contribution in [0, 0.1) is 0 Å². The number of benzene rings is 1. The second kappa shape index (κ2) is 7.76. The predicted molar refractivity (Wildman–Crippen MR) is 137 cm³/mol. The molecule has 1 saturated carbocycles. The quantitative estimate of drug-likeness (QED) is 0.350. The van der Waals surface area contributed by atoms with Crippen molar-refractivity contribution in [2.45, 2.75) is 49.7 Å². The summed E-state index contributed by atoms with van der Waals surface area (Å²) < 4.78 is 20.4. The van der Waals surface area contributed by atoms with Crippen LogP contribution in [0.25, 0.3) is 16.5 Å². The SMILES string of the molecule is CONc1nc2c(C3=C[C@@H](C)NCC3)cc(S3(=O)=C4CC4(C)N3)cc2c(=O)n1Cc1cnn(C)c1. The Balaban J connectivity index is 1.62. The highest BCUT2D eigenvalue weighted by molar-refractivity contribution is 8.03. The first-order valence-electron chi connectivity index (χ1n) is 11.7. The van der Waals surface area contributed by atoms with Gasteiger partial charge in [0.2, 0.25) is 5.95 Å². The molecule has 0 saturated heterocycles. The molecule has 0 spiro atoms. The molecule has 10 nitrogen and oxygen atoms in total. The third kappa shape index (κ3) is 3.53. The Labute approximate surface area is 203 Å². The Morgan fingerprint density at radius 3 is 2.83 bits per heavy atom. The first-order chi connectivity index (χ1) is 16.7. The number of nitrogens with one attached hydrogen (secondary N) is 3. The van der Waals surface area contributed by atoms with Gasteiger partial charge in [0.05, 0.1) is 46.0 Å². The van der Waals surface area contributed by atoms with Crippen LogP contribution in [0.2, 0.25) is 0 Å². The second-order valence-corrected chi connectivity index (χ2v) is 12.1. The predicted octanol–water partition coefficient (Wildman–Crippen LogP) is 1.41. The average molecular weight is 496 g/mol. The summed E-state index contributed by atoms with van der Waals surface area (Å²) in [5.74, 6) is 0.306. The summed E-state index contributed by atoms with van der Waals surface area (Å²) in [5, 5.41) is 8.07. The van der Waals surface area contributed by atoms with Crippen LogP contribution < -0.4 is 21.1 Å². The van der Waals surface area contributed by atoms with Crippen LogP contribution in [-0.4, -0.2) is 53.6 Å². The maximum atomic E-state index is 13.9. The average Bonchev–Trinajstić information content (AvgIpc) is 3.18. The molecule has 3 atom stereocenters. The number of aromatic nitrogens is 4. The minimum absolute atomic E-state index is 0.125. The molecule has 35 heavy (non-hydrogen) atoms. The Bertz CT molecular complexity index is 1590. The fraction of sp³-hybridized carbons (Fsp3) is 0.417. The number of nitrogens with zero attached hydrogens (tertiary/aromatic N) is 4. The van der Waals surface area contributed by atoms with Gasteiger partial charge in [0.15, 0.2) is 0 Å². The summed E-state index contributed by atoms with van der Waals surface area (Å²) >= 11 is 0. The Kier molecular flexibility index (Phi) is 4.98. The topological polar surface area (TPSA) is 115 Å². The lowest BCUT2D eigenvalue weighted by atomic mass is 9.95. The van der Waals surface area contributed by atoms with Crippen LogP contribution in [-0.2, 0) is 28.1 Å². The van der Waals surface area contributed by atoms with Crippen LogP contribution in [0.15, 0.2) is 40.3 Å². The van der Waals surface area contributed by atoms with Crippen molar-refractivity contribution in [2.24, 2.45) is 7.05 Å². The van der Waals surface area contributed by atoms with Gasteiger partial charge in [-0.15, -0.1) is 0 Å². The van der Waals surface area contributed by atoms with Crippen molar-refractivity contribution in [1.82, 2.24) is 29.4 Å². The zero-order valence-electron chi connectivity index (χ0n) is 20.2. The van der Waals surface area contributed by atoms with Gasteiger partial charge in [-0.3, -0.25) is 18.9 Å². The molecule has 4 heterocycles. The molecule has 1 aliphatic carbocycles. The fourth-order valence-electron chi connectivity index (χ4n) is 5.19. The molecule has 2 aliphatic heterocycles. The Hall–Kier alpha value is -2.99. The van der Waals surface area contributed by atoms with Crippen LogP contribution >= 0.6 is 0 Å². The molecule has 11 heteroatoms. The maximum Gasteiger partial charge on any atom is 0.263 e. The van der Waals surface area contributed by atoms with Crippen molar-refractivity contribution >= 4 is 37.0 Å². The molecule has 0 amide bonds. The lowest BCUT2D eigenvalue weighted by Crippen LogP contribution is -2.47. The van der Waals surface area contributed by atoms with Crippen molar-refractivity contribution in [2.75, 3.05) is 19.1 Å². The summed E-state index contributed by atoms with van der Waals surface area (Å²) in [6.07, 6.45) is 7.33. The molecule has 184 valence electrons. The van der Waals surface area contributed by atoms with E-state index in [1.54, 1.807) is 16.9 Å². The van der Waals surface area contributed by atoms with Crippen LogP contribution in [0.3, 0.4) is 0 Å². The van der Waals surface area contributed by atoms with Crippen molar-refractivity contribution in [3.05, 3.63) is 52.1 Å². The van der Waals surface area contributed by atoms with Crippen molar-refractivity contribution in [3.8, 4) is 0 Å². The van der Waals surface area contributed by atoms with E-state index in [1.165, 1.54) is 11.7 Å². The van der Waals surface area contributed by atoms with E-state index in [4.69, 9.17) is 9.82 Å². The summed E-state index contributed by atoms with van der Waals surface area (Å²) in [4.78, 5) is 25.6. The number of hydrogen-bond acceptors (Lipinski definition) is 7. The third-order valence-corrected chi connectivity index (χ3v) is 9.96.